The highest BCUT2D eigenvalue weighted by Gasteiger charge is 2.42. The molecule has 1 aromatic heterocycles. The summed E-state index contributed by atoms with van der Waals surface area (Å²) in [4.78, 5) is 42.8. The number of Topliss-reactive ketones (excluding diaryl/α,β-unsaturated/α-hetero) is 2. The van der Waals surface area contributed by atoms with Crippen LogP contribution in [0.4, 0.5) is 0 Å². The molecular weight excluding hydrogens is 360 g/mol. The Labute approximate surface area is 150 Å². The third-order valence-electron chi connectivity index (χ3n) is 4.08. The van der Waals surface area contributed by atoms with Gasteiger partial charge in [-0.25, -0.2) is 13.4 Å². The van der Waals surface area contributed by atoms with Crippen molar-refractivity contribution in [3.63, 3.8) is 0 Å². The summed E-state index contributed by atoms with van der Waals surface area (Å²) in [5.74, 6) is -2.19. The van der Waals surface area contributed by atoms with Crippen molar-refractivity contribution in [2.24, 2.45) is 0 Å². The lowest BCUT2D eigenvalue weighted by atomic mass is 9.96. The maximum atomic E-state index is 12.6. The van der Waals surface area contributed by atoms with Crippen LogP contribution in [0.3, 0.4) is 0 Å². The van der Waals surface area contributed by atoms with Crippen LogP contribution >= 0.6 is 0 Å². The minimum Gasteiger partial charge on any atom is -0.380 e. The summed E-state index contributed by atoms with van der Waals surface area (Å²) in [7, 11) is -0.0897. The molecule has 2 heterocycles. The summed E-state index contributed by atoms with van der Waals surface area (Å²) in [6.45, 7) is 1.07. The number of hydrogen-bond donors (Lipinski definition) is 2. The summed E-state index contributed by atoms with van der Waals surface area (Å²) in [6, 6.07) is 2.58. The first kappa shape index (κ1) is 18.2. The molecule has 138 valence electrons. The van der Waals surface area contributed by atoms with Crippen LogP contribution in [-0.4, -0.2) is 75.3 Å². The fraction of sp³-hybridized carbons (Fsp3) is 0.375. The van der Waals surface area contributed by atoms with Gasteiger partial charge in [-0.2, -0.15) is 0 Å². The van der Waals surface area contributed by atoms with Gasteiger partial charge in [0, 0.05) is 19.6 Å². The monoisotopic (exact) mass is 378 g/mol. The first-order chi connectivity index (χ1) is 12.2. The van der Waals surface area contributed by atoms with Crippen LogP contribution in [0.1, 0.15) is 31.3 Å². The molecule has 0 saturated carbocycles. The second-order valence-corrected chi connectivity index (χ2v) is 8.31. The number of carbonyl (C=O) groups excluding carboxylic acids is 3. The SMILES string of the molecule is CN(C)CCNC(=O)c1ccc2c(n1)C(=O)C1=C(C2=O)S(=O)(=O)CCN1. The molecule has 9 nitrogen and oxygen atoms in total. The number of amides is 1. The average molecular weight is 378 g/mol. The number of ketones is 2. The van der Waals surface area contributed by atoms with Crippen molar-refractivity contribution in [2.45, 2.75) is 0 Å². The molecule has 1 aliphatic heterocycles. The molecule has 0 fully saturated rings. The number of nitrogens with zero attached hydrogens (tertiary/aromatic N) is 2. The molecule has 0 radical (unpaired) electrons. The van der Waals surface area contributed by atoms with Crippen molar-refractivity contribution >= 4 is 27.3 Å². The molecule has 26 heavy (non-hydrogen) atoms. The molecular formula is C16H18N4O5S. The summed E-state index contributed by atoms with van der Waals surface area (Å²) >= 11 is 0. The van der Waals surface area contributed by atoms with Crippen LogP contribution in [0.25, 0.3) is 0 Å². The van der Waals surface area contributed by atoms with Crippen molar-refractivity contribution in [3.8, 4) is 0 Å². The second-order valence-electron chi connectivity index (χ2n) is 6.26. The van der Waals surface area contributed by atoms with Crippen LogP contribution in [-0.2, 0) is 9.84 Å². The van der Waals surface area contributed by atoms with Gasteiger partial charge < -0.3 is 15.5 Å². The Hall–Kier alpha value is -2.59. The number of hydrogen-bond acceptors (Lipinski definition) is 8. The lowest BCUT2D eigenvalue weighted by Gasteiger charge is -2.25. The van der Waals surface area contributed by atoms with Crippen molar-refractivity contribution in [1.82, 2.24) is 20.5 Å². The van der Waals surface area contributed by atoms with E-state index < -0.39 is 32.2 Å². The van der Waals surface area contributed by atoms with E-state index in [0.717, 1.165) is 0 Å². The smallest absolute Gasteiger partial charge is 0.269 e. The molecule has 3 rings (SSSR count). The molecule has 0 spiro atoms. The van der Waals surface area contributed by atoms with Crippen LogP contribution < -0.4 is 10.6 Å². The van der Waals surface area contributed by atoms with E-state index in [1.54, 1.807) is 0 Å². The van der Waals surface area contributed by atoms with Gasteiger partial charge in [-0.3, -0.25) is 14.4 Å². The molecule has 0 atom stereocenters. The van der Waals surface area contributed by atoms with E-state index in [-0.39, 0.29) is 34.9 Å². The molecule has 0 saturated heterocycles. The standard InChI is InChI=1S/C16H18N4O5S/c1-20(2)7-5-18-16(23)10-4-3-9-11(19-10)14(22)12-15(13(9)21)26(24,25)8-6-17-12/h3-4,17H,5-8H2,1-2H3,(H,18,23). The first-order valence-electron chi connectivity index (χ1n) is 7.96. The Morgan fingerprint density at radius 1 is 1.27 bits per heavy atom. The topological polar surface area (TPSA) is 126 Å². The van der Waals surface area contributed by atoms with Gasteiger partial charge in [0.25, 0.3) is 5.91 Å². The minimum atomic E-state index is -3.82. The van der Waals surface area contributed by atoms with Crippen LogP contribution in [0.2, 0.25) is 0 Å². The zero-order valence-corrected chi connectivity index (χ0v) is 15.1. The fourth-order valence-corrected chi connectivity index (χ4v) is 4.20. The summed E-state index contributed by atoms with van der Waals surface area (Å²) in [6.07, 6.45) is 0. The molecule has 1 aromatic rings. The number of fused-ring (bicyclic) bond motifs is 1. The third kappa shape index (κ3) is 3.13. The zero-order chi connectivity index (χ0) is 19.1. The lowest BCUT2D eigenvalue weighted by Crippen LogP contribution is -2.41. The Bertz CT molecular complexity index is 949. The predicted octanol–water partition coefficient (Wildman–Crippen LogP) is -1.02. The largest absolute Gasteiger partial charge is 0.380 e. The Balaban J connectivity index is 1.94. The molecule has 0 unspecified atom stereocenters. The van der Waals surface area contributed by atoms with E-state index in [1.807, 2.05) is 19.0 Å². The minimum absolute atomic E-state index is 0.00799. The number of carbonyl (C=O) groups is 3. The van der Waals surface area contributed by atoms with Crippen LogP contribution in [0.15, 0.2) is 22.7 Å². The van der Waals surface area contributed by atoms with E-state index in [0.29, 0.717) is 13.1 Å². The molecule has 1 aliphatic carbocycles. The van der Waals surface area contributed by atoms with Gasteiger partial charge in [-0.15, -0.1) is 0 Å². The number of aromatic nitrogens is 1. The first-order valence-corrected chi connectivity index (χ1v) is 9.62. The Morgan fingerprint density at radius 3 is 2.69 bits per heavy atom. The van der Waals surface area contributed by atoms with Gasteiger partial charge in [-0.1, -0.05) is 0 Å². The second kappa shape index (κ2) is 6.61. The number of rotatable bonds is 4. The predicted molar refractivity (Wildman–Crippen MR) is 92.6 cm³/mol. The van der Waals surface area contributed by atoms with Crippen LogP contribution in [0, 0.1) is 0 Å². The van der Waals surface area contributed by atoms with Gasteiger partial charge in [-0.05, 0) is 26.2 Å². The highest BCUT2D eigenvalue weighted by atomic mass is 32.2. The lowest BCUT2D eigenvalue weighted by molar-refractivity contribution is 0.0941. The third-order valence-corrected chi connectivity index (χ3v) is 5.83. The quantitative estimate of drug-likeness (QED) is 0.682. The maximum Gasteiger partial charge on any atom is 0.269 e. The molecule has 10 heteroatoms. The molecule has 2 N–H and O–H groups in total. The Morgan fingerprint density at radius 2 is 2.00 bits per heavy atom. The molecule has 0 aromatic carbocycles. The van der Waals surface area contributed by atoms with Crippen molar-refractivity contribution in [2.75, 3.05) is 39.5 Å². The van der Waals surface area contributed by atoms with Crippen LogP contribution in [0.5, 0.6) is 0 Å². The van der Waals surface area contributed by atoms with E-state index in [2.05, 4.69) is 15.6 Å². The van der Waals surface area contributed by atoms with Gasteiger partial charge in [0.15, 0.2) is 9.84 Å². The van der Waals surface area contributed by atoms with Gasteiger partial charge in [0.2, 0.25) is 11.6 Å². The number of allylic oxidation sites excluding steroid dienone is 2. The van der Waals surface area contributed by atoms with E-state index in [9.17, 15) is 22.8 Å². The number of likely N-dealkylation sites (N-methyl/N-ethyl adjacent to an activating group) is 1. The van der Waals surface area contributed by atoms with E-state index in [1.165, 1.54) is 12.1 Å². The summed E-state index contributed by atoms with van der Waals surface area (Å²) in [5.41, 5.74) is -0.581. The van der Waals surface area contributed by atoms with Gasteiger partial charge >= 0.3 is 0 Å². The number of sulfone groups is 1. The average Bonchev–Trinajstić information content (AvgIpc) is 2.57. The number of pyridine rings is 1. The van der Waals surface area contributed by atoms with E-state index >= 15 is 0 Å². The summed E-state index contributed by atoms with van der Waals surface area (Å²) < 4.78 is 24.3. The molecule has 0 bridgehead atoms. The molecule has 2 aliphatic rings. The fourth-order valence-electron chi connectivity index (χ4n) is 2.75. The number of nitrogens with one attached hydrogen (secondary N) is 2. The molecule has 1 amide bonds. The van der Waals surface area contributed by atoms with Gasteiger partial charge in [0.1, 0.15) is 22.0 Å². The maximum absolute atomic E-state index is 12.6. The highest BCUT2D eigenvalue weighted by Crippen LogP contribution is 2.29. The summed E-state index contributed by atoms with van der Waals surface area (Å²) in [5, 5.41) is 5.35. The van der Waals surface area contributed by atoms with Crippen molar-refractivity contribution < 1.29 is 22.8 Å². The highest BCUT2D eigenvalue weighted by molar-refractivity contribution is 7.96. The normalized spacial score (nSPS) is 18.3. The van der Waals surface area contributed by atoms with Crippen molar-refractivity contribution in [3.05, 3.63) is 39.7 Å². The van der Waals surface area contributed by atoms with Crippen molar-refractivity contribution in [1.29, 1.82) is 0 Å². The Kier molecular flexibility index (Phi) is 4.63. The van der Waals surface area contributed by atoms with Gasteiger partial charge in [0.05, 0.1) is 11.3 Å². The zero-order valence-electron chi connectivity index (χ0n) is 14.3. The van der Waals surface area contributed by atoms with E-state index in [4.69, 9.17) is 0 Å².